The van der Waals surface area contributed by atoms with Gasteiger partial charge in [0.05, 0.1) is 12.2 Å². The predicted octanol–water partition coefficient (Wildman–Crippen LogP) is 4.61. The van der Waals surface area contributed by atoms with E-state index in [1.807, 2.05) is 31.2 Å². The summed E-state index contributed by atoms with van der Waals surface area (Å²) in [5.41, 5.74) is 3.77. The number of carbonyl (C=O) groups is 1. The number of halogens is 2. The molecule has 3 aromatic rings. The van der Waals surface area contributed by atoms with Crippen molar-refractivity contribution in [1.82, 2.24) is 14.8 Å². The Morgan fingerprint density at radius 2 is 1.77 bits per heavy atom. The zero-order valence-corrected chi connectivity index (χ0v) is 15.9. The third kappa shape index (κ3) is 4.23. The Bertz CT molecular complexity index is 919. The average molecular weight is 390 g/mol. The smallest absolute Gasteiger partial charge is 0.343 e. The molecular weight excluding hydrogens is 373 g/mol. The third-order valence-corrected chi connectivity index (χ3v) is 4.49. The first-order valence-corrected chi connectivity index (χ1v) is 8.75. The maximum atomic E-state index is 12.4. The van der Waals surface area contributed by atoms with Gasteiger partial charge in [-0.2, -0.15) is 5.10 Å². The van der Waals surface area contributed by atoms with Crippen molar-refractivity contribution in [3.63, 3.8) is 0 Å². The fourth-order valence-electron chi connectivity index (χ4n) is 2.47. The van der Waals surface area contributed by atoms with Crippen LogP contribution in [0.15, 0.2) is 42.6 Å². The van der Waals surface area contributed by atoms with Gasteiger partial charge in [0, 0.05) is 11.8 Å². The zero-order valence-electron chi connectivity index (χ0n) is 14.4. The Labute approximate surface area is 161 Å². The number of hydrogen-bond donors (Lipinski definition) is 0. The summed E-state index contributed by atoms with van der Waals surface area (Å²) in [5.74, 6) is -0.516. The number of ether oxygens (including phenoxy) is 1. The first-order valence-electron chi connectivity index (χ1n) is 8.00. The number of hydrogen-bond acceptors (Lipinski definition) is 4. The van der Waals surface area contributed by atoms with Gasteiger partial charge in [-0.05, 0) is 25.5 Å². The lowest BCUT2D eigenvalue weighted by Crippen LogP contribution is -2.07. The van der Waals surface area contributed by atoms with Crippen molar-refractivity contribution in [2.45, 2.75) is 27.0 Å². The molecule has 0 atom stereocenters. The number of aryl methyl sites for hydroxylation is 2. The molecule has 2 aromatic heterocycles. The summed E-state index contributed by atoms with van der Waals surface area (Å²) in [5, 5.41) is 5.02. The molecule has 134 valence electrons. The highest BCUT2D eigenvalue weighted by atomic mass is 35.5. The molecule has 0 radical (unpaired) electrons. The topological polar surface area (TPSA) is 57.0 Å². The van der Waals surface area contributed by atoms with Crippen LogP contribution >= 0.6 is 23.2 Å². The number of esters is 1. The monoisotopic (exact) mass is 389 g/mol. The van der Waals surface area contributed by atoms with Gasteiger partial charge < -0.3 is 4.74 Å². The Kier molecular flexibility index (Phi) is 5.59. The summed E-state index contributed by atoms with van der Waals surface area (Å²) in [6.45, 7) is 4.33. The number of nitrogens with zero attached hydrogens (tertiary/aromatic N) is 3. The largest absolute Gasteiger partial charge is 0.457 e. The molecule has 2 heterocycles. The van der Waals surface area contributed by atoms with E-state index in [-0.39, 0.29) is 17.3 Å². The minimum atomic E-state index is -0.516. The molecule has 0 bridgehead atoms. The van der Waals surface area contributed by atoms with Crippen LogP contribution in [0.1, 0.15) is 32.7 Å². The molecule has 0 spiro atoms. The van der Waals surface area contributed by atoms with Crippen molar-refractivity contribution >= 4 is 29.2 Å². The molecule has 0 amide bonds. The van der Waals surface area contributed by atoms with Gasteiger partial charge in [-0.1, -0.05) is 59.1 Å². The lowest BCUT2D eigenvalue weighted by atomic mass is 10.1. The van der Waals surface area contributed by atoms with Crippen molar-refractivity contribution < 1.29 is 9.53 Å². The Morgan fingerprint density at radius 3 is 2.42 bits per heavy atom. The summed E-state index contributed by atoms with van der Waals surface area (Å²) in [7, 11) is 0. The van der Waals surface area contributed by atoms with Crippen LogP contribution in [0.5, 0.6) is 0 Å². The van der Waals surface area contributed by atoms with E-state index < -0.39 is 5.97 Å². The number of aromatic nitrogens is 3. The van der Waals surface area contributed by atoms with Gasteiger partial charge in [0.15, 0.2) is 0 Å². The van der Waals surface area contributed by atoms with Crippen molar-refractivity contribution in [2.75, 3.05) is 0 Å². The first kappa shape index (κ1) is 18.4. The molecule has 0 aliphatic carbocycles. The molecule has 1 aromatic carbocycles. The van der Waals surface area contributed by atoms with E-state index in [1.165, 1.54) is 5.56 Å². The molecule has 0 saturated heterocycles. The molecule has 0 aliphatic heterocycles. The van der Waals surface area contributed by atoms with Crippen LogP contribution in [0.4, 0.5) is 0 Å². The van der Waals surface area contributed by atoms with Crippen LogP contribution in [0, 0.1) is 13.8 Å². The van der Waals surface area contributed by atoms with Gasteiger partial charge in [0.1, 0.15) is 22.5 Å². The lowest BCUT2D eigenvalue weighted by molar-refractivity contribution is 0.0471. The number of carbonyl (C=O) groups excluding carboxylic acids is 1. The maximum Gasteiger partial charge on any atom is 0.343 e. The van der Waals surface area contributed by atoms with E-state index in [0.717, 1.165) is 11.1 Å². The van der Waals surface area contributed by atoms with Crippen molar-refractivity contribution in [2.24, 2.45) is 0 Å². The average Bonchev–Trinajstić information content (AvgIpc) is 2.90. The normalized spacial score (nSPS) is 10.8. The highest BCUT2D eigenvalue weighted by Crippen LogP contribution is 2.22. The number of rotatable bonds is 5. The Hall–Kier alpha value is -2.37. The van der Waals surface area contributed by atoms with Crippen LogP contribution in [0.3, 0.4) is 0 Å². The van der Waals surface area contributed by atoms with Crippen molar-refractivity contribution in [3.05, 3.63) is 80.8 Å². The van der Waals surface area contributed by atoms with Gasteiger partial charge in [-0.3, -0.25) is 0 Å². The van der Waals surface area contributed by atoms with Crippen molar-refractivity contribution in [3.8, 4) is 0 Å². The quantitative estimate of drug-likeness (QED) is 0.472. The van der Waals surface area contributed by atoms with Gasteiger partial charge in [0.25, 0.3) is 0 Å². The Morgan fingerprint density at radius 1 is 1.08 bits per heavy atom. The summed E-state index contributed by atoms with van der Waals surface area (Å²) in [6, 6.07) is 11.5. The highest BCUT2D eigenvalue weighted by Gasteiger charge is 2.22. The SMILES string of the molecule is Cc1ccc(Cn2nc(C)c(C(=O)OCc3ccc(Cl)nc3)c2Cl)cc1. The van der Waals surface area contributed by atoms with E-state index in [1.54, 1.807) is 29.9 Å². The zero-order chi connectivity index (χ0) is 18.7. The molecule has 5 nitrogen and oxygen atoms in total. The van der Waals surface area contributed by atoms with Crippen LogP contribution in [0.2, 0.25) is 10.3 Å². The third-order valence-electron chi connectivity index (χ3n) is 3.88. The summed E-state index contributed by atoms with van der Waals surface area (Å²) < 4.78 is 6.93. The van der Waals surface area contributed by atoms with Crippen LogP contribution in [0.25, 0.3) is 0 Å². The second kappa shape index (κ2) is 7.89. The molecule has 0 fully saturated rings. The van der Waals surface area contributed by atoms with E-state index in [9.17, 15) is 4.79 Å². The minimum Gasteiger partial charge on any atom is -0.457 e. The Balaban J connectivity index is 1.73. The van der Waals surface area contributed by atoms with E-state index in [2.05, 4.69) is 10.1 Å². The number of benzene rings is 1. The van der Waals surface area contributed by atoms with Gasteiger partial charge in [0.2, 0.25) is 0 Å². The van der Waals surface area contributed by atoms with Gasteiger partial charge in [-0.25, -0.2) is 14.5 Å². The number of pyridine rings is 1. The second-order valence-electron chi connectivity index (χ2n) is 5.96. The van der Waals surface area contributed by atoms with Gasteiger partial charge in [-0.15, -0.1) is 0 Å². The second-order valence-corrected chi connectivity index (χ2v) is 6.71. The molecule has 0 N–H and O–H groups in total. The van der Waals surface area contributed by atoms with E-state index in [0.29, 0.717) is 17.4 Å². The molecular formula is C19H17Cl2N3O2. The highest BCUT2D eigenvalue weighted by molar-refractivity contribution is 6.32. The molecule has 7 heteroatoms. The van der Waals surface area contributed by atoms with Crippen LogP contribution < -0.4 is 0 Å². The van der Waals surface area contributed by atoms with Crippen LogP contribution in [-0.4, -0.2) is 20.7 Å². The first-order chi connectivity index (χ1) is 12.4. The van der Waals surface area contributed by atoms with Crippen LogP contribution in [-0.2, 0) is 17.9 Å². The summed E-state index contributed by atoms with van der Waals surface area (Å²) >= 11 is 12.1. The summed E-state index contributed by atoms with van der Waals surface area (Å²) in [6.07, 6.45) is 1.56. The summed E-state index contributed by atoms with van der Waals surface area (Å²) in [4.78, 5) is 16.4. The van der Waals surface area contributed by atoms with E-state index in [4.69, 9.17) is 27.9 Å². The molecule has 0 unspecified atom stereocenters. The minimum absolute atomic E-state index is 0.0852. The molecule has 26 heavy (non-hydrogen) atoms. The fraction of sp³-hybridized carbons (Fsp3) is 0.211. The fourth-order valence-corrected chi connectivity index (χ4v) is 2.89. The maximum absolute atomic E-state index is 12.4. The predicted molar refractivity (Wildman–Crippen MR) is 101 cm³/mol. The van der Waals surface area contributed by atoms with E-state index >= 15 is 0 Å². The molecule has 0 saturated carbocycles. The van der Waals surface area contributed by atoms with Crippen molar-refractivity contribution in [1.29, 1.82) is 0 Å². The molecule has 3 rings (SSSR count). The lowest BCUT2D eigenvalue weighted by Gasteiger charge is -2.06. The van der Waals surface area contributed by atoms with Gasteiger partial charge >= 0.3 is 5.97 Å². The molecule has 0 aliphatic rings. The standard InChI is InChI=1S/C19H17Cl2N3O2/c1-12-3-5-14(6-4-12)10-24-18(21)17(13(2)23-24)19(25)26-11-15-7-8-16(20)22-9-15/h3-9H,10-11H2,1-2H3.